The van der Waals surface area contributed by atoms with E-state index in [9.17, 15) is 0 Å². The Labute approximate surface area is 126 Å². The van der Waals surface area contributed by atoms with Crippen molar-refractivity contribution in [1.29, 1.82) is 0 Å². The molecular weight excluding hydrogens is 264 g/mol. The van der Waals surface area contributed by atoms with Crippen molar-refractivity contribution in [2.75, 3.05) is 55.3 Å². The summed E-state index contributed by atoms with van der Waals surface area (Å²) < 4.78 is 0. The van der Waals surface area contributed by atoms with Gasteiger partial charge in [-0.1, -0.05) is 0 Å². The zero-order valence-corrected chi connectivity index (χ0v) is 13.1. The fourth-order valence-corrected chi connectivity index (χ4v) is 3.29. The van der Waals surface area contributed by atoms with Crippen LogP contribution in [-0.4, -0.2) is 60.7 Å². The van der Waals surface area contributed by atoms with Gasteiger partial charge in [0.25, 0.3) is 0 Å². The van der Waals surface area contributed by atoms with Crippen LogP contribution in [0.25, 0.3) is 0 Å². The number of hydrogen-bond donors (Lipinski definition) is 1. The number of nitrogens with two attached hydrogens (primary N) is 1. The second-order valence-corrected chi connectivity index (χ2v) is 6.26. The Hall–Kier alpha value is -1.56. The van der Waals surface area contributed by atoms with Crippen molar-refractivity contribution in [3.05, 3.63) is 6.33 Å². The minimum atomic E-state index is 0.510. The number of rotatable bonds is 2. The van der Waals surface area contributed by atoms with E-state index in [4.69, 9.17) is 5.73 Å². The quantitative estimate of drug-likeness (QED) is 0.883. The van der Waals surface area contributed by atoms with E-state index >= 15 is 0 Å². The molecule has 2 aliphatic heterocycles. The van der Waals surface area contributed by atoms with E-state index in [2.05, 4.69) is 38.6 Å². The van der Waals surface area contributed by atoms with Crippen LogP contribution in [0.15, 0.2) is 6.33 Å². The van der Waals surface area contributed by atoms with Gasteiger partial charge in [-0.15, -0.1) is 0 Å². The molecule has 2 N–H and O–H groups in total. The van der Waals surface area contributed by atoms with Crippen LogP contribution < -0.4 is 15.5 Å². The predicted molar refractivity (Wildman–Crippen MR) is 86.8 cm³/mol. The van der Waals surface area contributed by atoms with Gasteiger partial charge < -0.3 is 20.4 Å². The van der Waals surface area contributed by atoms with Crippen LogP contribution in [0, 0.1) is 0 Å². The van der Waals surface area contributed by atoms with Crippen molar-refractivity contribution >= 4 is 17.3 Å². The Balaban J connectivity index is 1.84. The summed E-state index contributed by atoms with van der Waals surface area (Å²) in [5.41, 5.74) is 7.17. The zero-order chi connectivity index (χ0) is 14.8. The molecule has 1 atom stereocenters. The van der Waals surface area contributed by atoms with Gasteiger partial charge >= 0.3 is 0 Å². The van der Waals surface area contributed by atoms with Crippen molar-refractivity contribution in [3.8, 4) is 0 Å². The van der Waals surface area contributed by atoms with Gasteiger partial charge in [-0.25, -0.2) is 9.97 Å². The molecule has 1 unspecified atom stereocenters. The highest BCUT2D eigenvalue weighted by Gasteiger charge is 2.25. The van der Waals surface area contributed by atoms with Crippen LogP contribution in [0.3, 0.4) is 0 Å². The number of anilines is 3. The van der Waals surface area contributed by atoms with Gasteiger partial charge in [0.15, 0.2) is 11.6 Å². The largest absolute Gasteiger partial charge is 0.393 e. The highest BCUT2D eigenvalue weighted by molar-refractivity contribution is 5.76. The van der Waals surface area contributed by atoms with E-state index in [-0.39, 0.29) is 0 Å². The monoisotopic (exact) mass is 290 g/mol. The standard InChI is InChI=1S/C15H26N6/c1-12-5-3-4-6-21(12)15-13(16)14(17-11-18-15)20-9-7-19(2)8-10-20/h11-12H,3-10,16H2,1-2H3. The van der Waals surface area contributed by atoms with Gasteiger partial charge in [0.1, 0.15) is 12.0 Å². The van der Waals surface area contributed by atoms with Gasteiger partial charge in [-0.3, -0.25) is 0 Å². The van der Waals surface area contributed by atoms with Crippen molar-refractivity contribution in [2.24, 2.45) is 0 Å². The van der Waals surface area contributed by atoms with Crippen LogP contribution in [-0.2, 0) is 0 Å². The first kappa shape index (κ1) is 14.4. The number of nitrogen functional groups attached to an aromatic ring is 1. The minimum Gasteiger partial charge on any atom is -0.393 e. The van der Waals surface area contributed by atoms with Crippen molar-refractivity contribution < 1.29 is 0 Å². The first-order valence-corrected chi connectivity index (χ1v) is 7.97. The smallest absolute Gasteiger partial charge is 0.157 e. The SMILES string of the molecule is CC1CCCCN1c1ncnc(N2CCN(C)CC2)c1N. The average molecular weight is 290 g/mol. The highest BCUT2D eigenvalue weighted by atomic mass is 15.3. The molecule has 6 heteroatoms. The van der Waals surface area contributed by atoms with Gasteiger partial charge in [0.2, 0.25) is 0 Å². The lowest BCUT2D eigenvalue weighted by atomic mass is 10.0. The lowest BCUT2D eigenvalue weighted by Gasteiger charge is -2.37. The third-order valence-electron chi connectivity index (χ3n) is 4.72. The van der Waals surface area contributed by atoms with Crippen LogP contribution >= 0.6 is 0 Å². The molecule has 0 amide bonds. The summed E-state index contributed by atoms with van der Waals surface area (Å²) in [6.07, 6.45) is 5.40. The third-order valence-corrected chi connectivity index (χ3v) is 4.72. The summed E-state index contributed by atoms with van der Waals surface area (Å²) in [6, 6.07) is 0.510. The molecule has 2 aliphatic rings. The molecule has 3 rings (SSSR count). The number of nitrogens with zero attached hydrogens (tertiary/aromatic N) is 5. The van der Waals surface area contributed by atoms with E-state index < -0.39 is 0 Å². The summed E-state index contributed by atoms with van der Waals surface area (Å²) in [5.74, 6) is 1.83. The van der Waals surface area contributed by atoms with E-state index in [1.54, 1.807) is 6.33 Å². The lowest BCUT2D eigenvalue weighted by molar-refractivity contribution is 0.312. The van der Waals surface area contributed by atoms with Gasteiger partial charge in [0.05, 0.1) is 0 Å². The van der Waals surface area contributed by atoms with Crippen molar-refractivity contribution in [3.63, 3.8) is 0 Å². The van der Waals surface area contributed by atoms with Crippen LogP contribution in [0.4, 0.5) is 17.3 Å². The Morgan fingerprint density at radius 1 is 1.05 bits per heavy atom. The molecule has 2 fully saturated rings. The molecule has 3 heterocycles. The minimum absolute atomic E-state index is 0.510. The molecule has 2 saturated heterocycles. The number of piperidine rings is 1. The maximum absolute atomic E-state index is 6.42. The summed E-state index contributed by atoms with van der Waals surface area (Å²) in [4.78, 5) is 15.9. The topological polar surface area (TPSA) is 61.5 Å². The molecule has 0 spiro atoms. The van der Waals surface area contributed by atoms with Gasteiger partial charge in [-0.05, 0) is 33.2 Å². The summed E-state index contributed by atoms with van der Waals surface area (Å²) in [6.45, 7) is 7.37. The average Bonchev–Trinajstić information content (AvgIpc) is 2.50. The molecule has 6 nitrogen and oxygen atoms in total. The maximum Gasteiger partial charge on any atom is 0.157 e. The summed E-state index contributed by atoms with van der Waals surface area (Å²) in [5, 5.41) is 0. The second-order valence-electron chi connectivity index (χ2n) is 6.26. The molecule has 21 heavy (non-hydrogen) atoms. The maximum atomic E-state index is 6.42. The Kier molecular flexibility index (Phi) is 4.14. The van der Waals surface area contributed by atoms with Crippen LogP contribution in [0.2, 0.25) is 0 Å². The normalized spacial score (nSPS) is 24.4. The van der Waals surface area contributed by atoms with Crippen LogP contribution in [0.1, 0.15) is 26.2 Å². The van der Waals surface area contributed by atoms with E-state index in [1.165, 1.54) is 19.3 Å². The number of piperazine rings is 1. The Bertz CT molecular complexity index is 483. The molecule has 0 radical (unpaired) electrons. The fraction of sp³-hybridized carbons (Fsp3) is 0.733. The van der Waals surface area contributed by atoms with Gasteiger partial charge in [-0.2, -0.15) is 0 Å². The molecule has 116 valence electrons. The molecule has 1 aromatic rings. The van der Waals surface area contributed by atoms with E-state index in [0.29, 0.717) is 6.04 Å². The van der Waals surface area contributed by atoms with Crippen molar-refractivity contribution in [1.82, 2.24) is 14.9 Å². The highest BCUT2D eigenvalue weighted by Crippen LogP contribution is 2.32. The van der Waals surface area contributed by atoms with Gasteiger partial charge in [0, 0.05) is 38.8 Å². The first-order valence-electron chi connectivity index (χ1n) is 7.97. The summed E-state index contributed by atoms with van der Waals surface area (Å²) >= 11 is 0. The molecule has 0 saturated carbocycles. The molecule has 1 aromatic heterocycles. The van der Waals surface area contributed by atoms with E-state index in [1.807, 2.05) is 0 Å². The zero-order valence-electron chi connectivity index (χ0n) is 13.1. The molecule has 0 bridgehead atoms. The molecular formula is C15H26N6. The second kappa shape index (κ2) is 6.05. The first-order chi connectivity index (χ1) is 10.2. The third kappa shape index (κ3) is 2.90. The van der Waals surface area contributed by atoms with Crippen molar-refractivity contribution in [2.45, 2.75) is 32.2 Å². The van der Waals surface area contributed by atoms with Crippen LogP contribution in [0.5, 0.6) is 0 Å². The summed E-state index contributed by atoms with van der Waals surface area (Å²) in [7, 11) is 2.15. The number of likely N-dealkylation sites (N-methyl/N-ethyl adjacent to an activating group) is 1. The number of hydrogen-bond acceptors (Lipinski definition) is 6. The predicted octanol–water partition coefficient (Wildman–Crippen LogP) is 1.19. The molecule has 0 aromatic carbocycles. The number of aromatic nitrogens is 2. The molecule has 0 aliphatic carbocycles. The fourth-order valence-electron chi connectivity index (χ4n) is 3.29. The Morgan fingerprint density at radius 2 is 1.76 bits per heavy atom. The lowest BCUT2D eigenvalue weighted by Crippen LogP contribution is -2.45. The van der Waals surface area contributed by atoms with E-state index in [0.717, 1.165) is 50.0 Å². The Morgan fingerprint density at radius 3 is 2.48 bits per heavy atom.